The number of unbranched alkanes of at least 4 members (excludes halogenated alkanes) is 13. The Balaban J connectivity index is 1.85. The molecule has 0 aliphatic carbocycles. The lowest BCUT2D eigenvalue weighted by Gasteiger charge is -2.23. The van der Waals surface area contributed by atoms with Crippen molar-refractivity contribution in [3.05, 3.63) is 11.3 Å². The zero-order valence-corrected chi connectivity index (χ0v) is 16.7. The van der Waals surface area contributed by atoms with Crippen molar-refractivity contribution < 1.29 is 14.6 Å². The van der Waals surface area contributed by atoms with Crippen LogP contribution in [-0.2, 0) is 9.53 Å². The van der Waals surface area contributed by atoms with Gasteiger partial charge >= 0.3 is 5.97 Å². The van der Waals surface area contributed by atoms with Gasteiger partial charge in [0.25, 0.3) is 0 Å². The van der Waals surface area contributed by atoms with Crippen molar-refractivity contribution in [3.63, 3.8) is 0 Å². The first kappa shape index (κ1) is 22.2. The van der Waals surface area contributed by atoms with Gasteiger partial charge in [-0.25, -0.2) is 4.79 Å². The van der Waals surface area contributed by atoms with E-state index >= 15 is 0 Å². The van der Waals surface area contributed by atoms with Gasteiger partial charge in [0.1, 0.15) is 5.76 Å². The Labute approximate surface area is 155 Å². The molecule has 1 N–H and O–H groups in total. The average Bonchev–Trinajstić information content (AvgIpc) is 2.57. The van der Waals surface area contributed by atoms with E-state index in [1.165, 1.54) is 83.5 Å². The molecule has 146 valence electrons. The minimum atomic E-state index is -0.436. The summed E-state index contributed by atoms with van der Waals surface area (Å²) < 4.78 is 5.01. The summed E-state index contributed by atoms with van der Waals surface area (Å²) >= 11 is 0. The van der Waals surface area contributed by atoms with Crippen molar-refractivity contribution in [1.29, 1.82) is 0 Å². The van der Waals surface area contributed by atoms with Crippen molar-refractivity contribution in [2.24, 2.45) is 0 Å². The van der Waals surface area contributed by atoms with E-state index in [1.54, 1.807) is 6.92 Å². The molecule has 0 saturated carbocycles. The Morgan fingerprint density at radius 3 is 1.64 bits per heavy atom. The molecule has 0 spiro atoms. The zero-order valence-electron chi connectivity index (χ0n) is 16.7. The molecular weight excluding hydrogens is 312 g/mol. The maximum atomic E-state index is 11.4. The van der Waals surface area contributed by atoms with Crippen LogP contribution in [0.5, 0.6) is 0 Å². The highest BCUT2D eigenvalue weighted by Crippen LogP contribution is 2.29. The third-order valence-corrected chi connectivity index (χ3v) is 5.06. The number of esters is 1. The molecule has 0 saturated heterocycles. The molecule has 0 radical (unpaired) electrons. The highest BCUT2D eigenvalue weighted by molar-refractivity contribution is 5.95. The molecule has 3 heteroatoms. The van der Waals surface area contributed by atoms with Gasteiger partial charge in [-0.05, 0) is 19.8 Å². The Hall–Kier alpha value is -0.830. The van der Waals surface area contributed by atoms with Gasteiger partial charge in [0.05, 0.1) is 11.7 Å². The maximum Gasteiger partial charge on any atom is 0.342 e. The third kappa shape index (κ3) is 10.7. The number of carbonyl (C=O) groups is 1. The molecule has 0 amide bonds. The van der Waals surface area contributed by atoms with Crippen LogP contribution in [0.1, 0.15) is 117 Å². The summed E-state index contributed by atoms with van der Waals surface area (Å²) in [6.45, 7) is 4.00. The minimum Gasteiger partial charge on any atom is -0.427 e. The fraction of sp³-hybridized carbons (Fsp3) is 0.864. The van der Waals surface area contributed by atoms with Gasteiger partial charge < -0.3 is 9.84 Å². The maximum absolute atomic E-state index is 11.4. The predicted octanol–water partition coefficient (Wildman–Crippen LogP) is 6.44. The Bertz CT molecular complexity index is 385. The number of hydrogen-bond donors (Lipinski definition) is 1. The number of ether oxygens (including phenoxy) is 1. The molecule has 1 aliphatic heterocycles. The Kier molecular flexibility index (Phi) is 12.8. The van der Waals surface area contributed by atoms with Crippen LogP contribution < -0.4 is 0 Å². The van der Waals surface area contributed by atoms with E-state index in [1.807, 2.05) is 0 Å². The molecule has 0 fully saturated rings. The first-order valence-corrected chi connectivity index (χ1v) is 10.8. The SMILES string of the molecule is CCCCCCCCCCCCCCCCC1=C(CC(C)O)OC1=O. The number of hydrogen-bond acceptors (Lipinski definition) is 3. The second kappa shape index (κ2) is 14.4. The van der Waals surface area contributed by atoms with Crippen molar-refractivity contribution in [2.75, 3.05) is 0 Å². The number of carbonyl (C=O) groups excluding carboxylic acids is 1. The first-order valence-electron chi connectivity index (χ1n) is 10.8. The van der Waals surface area contributed by atoms with Gasteiger partial charge in [-0.1, -0.05) is 90.4 Å². The van der Waals surface area contributed by atoms with Crippen LogP contribution in [-0.4, -0.2) is 17.2 Å². The van der Waals surface area contributed by atoms with Gasteiger partial charge in [-0.3, -0.25) is 0 Å². The smallest absolute Gasteiger partial charge is 0.342 e. The minimum absolute atomic E-state index is 0.176. The van der Waals surface area contributed by atoms with Crippen LogP contribution in [0, 0.1) is 0 Å². The fourth-order valence-corrected chi connectivity index (χ4v) is 3.47. The van der Waals surface area contributed by atoms with Crippen LogP contribution in [0.2, 0.25) is 0 Å². The Morgan fingerprint density at radius 1 is 0.800 bits per heavy atom. The lowest BCUT2D eigenvalue weighted by Crippen LogP contribution is -2.24. The van der Waals surface area contributed by atoms with E-state index in [2.05, 4.69) is 6.92 Å². The number of rotatable bonds is 17. The zero-order chi connectivity index (χ0) is 18.3. The van der Waals surface area contributed by atoms with Gasteiger partial charge in [-0.2, -0.15) is 0 Å². The van der Waals surface area contributed by atoms with E-state index in [4.69, 9.17) is 4.74 Å². The second-order valence-electron chi connectivity index (χ2n) is 7.69. The van der Waals surface area contributed by atoms with Gasteiger partial charge in [0, 0.05) is 6.42 Å². The van der Waals surface area contributed by atoms with Crippen LogP contribution in [0.25, 0.3) is 0 Å². The predicted molar refractivity (Wildman–Crippen MR) is 104 cm³/mol. The number of aliphatic hydroxyl groups excluding tert-OH is 1. The average molecular weight is 353 g/mol. The third-order valence-electron chi connectivity index (χ3n) is 5.06. The van der Waals surface area contributed by atoms with Crippen LogP contribution in [0.4, 0.5) is 0 Å². The van der Waals surface area contributed by atoms with Gasteiger partial charge in [0.2, 0.25) is 0 Å². The van der Waals surface area contributed by atoms with Crippen molar-refractivity contribution in [3.8, 4) is 0 Å². The standard InChI is InChI=1S/C22H40O3/c1-3-4-5-6-7-8-9-10-11-12-13-14-15-16-17-20-21(18-19(2)23)25-22(20)24/h19,23H,3-18H2,1-2H3. The van der Waals surface area contributed by atoms with Crippen molar-refractivity contribution in [1.82, 2.24) is 0 Å². The van der Waals surface area contributed by atoms with E-state index in [-0.39, 0.29) is 5.97 Å². The summed E-state index contributed by atoms with van der Waals surface area (Å²) in [4.78, 5) is 11.4. The summed E-state index contributed by atoms with van der Waals surface area (Å²) in [6.07, 6.45) is 19.7. The molecule has 1 aliphatic rings. The van der Waals surface area contributed by atoms with Crippen molar-refractivity contribution >= 4 is 5.97 Å². The van der Waals surface area contributed by atoms with Gasteiger partial charge in [0.15, 0.2) is 0 Å². The summed E-state index contributed by atoms with van der Waals surface area (Å²) in [7, 11) is 0. The quantitative estimate of drug-likeness (QED) is 0.242. The molecule has 3 nitrogen and oxygen atoms in total. The van der Waals surface area contributed by atoms with E-state index in [9.17, 15) is 9.90 Å². The van der Waals surface area contributed by atoms with Crippen LogP contribution in [0.3, 0.4) is 0 Å². The number of cyclic esters (lactones) is 1. The number of aliphatic hydroxyl groups is 1. The topological polar surface area (TPSA) is 46.5 Å². The molecule has 1 atom stereocenters. The molecule has 0 aromatic heterocycles. The van der Waals surface area contributed by atoms with E-state index in [0.717, 1.165) is 24.2 Å². The van der Waals surface area contributed by atoms with Crippen LogP contribution >= 0.6 is 0 Å². The Morgan fingerprint density at radius 2 is 1.24 bits per heavy atom. The molecule has 1 rings (SSSR count). The van der Waals surface area contributed by atoms with E-state index < -0.39 is 6.10 Å². The first-order chi connectivity index (χ1) is 12.1. The molecule has 1 heterocycles. The second-order valence-corrected chi connectivity index (χ2v) is 7.69. The molecule has 1 unspecified atom stereocenters. The summed E-state index contributed by atoms with van der Waals surface area (Å²) in [5.74, 6) is 0.542. The van der Waals surface area contributed by atoms with E-state index in [0.29, 0.717) is 6.42 Å². The highest BCUT2D eigenvalue weighted by Gasteiger charge is 2.29. The molecule has 25 heavy (non-hydrogen) atoms. The molecule has 0 bridgehead atoms. The molecule has 0 aromatic carbocycles. The lowest BCUT2D eigenvalue weighted by atomic mass is 9.99. The molecule has 0 aromatic rings. The highest BCUT2D eigenvalue weighted by atomic mass is 16.6. The summed E-state index contributed by atoms with van der Waals surface area (Å²) in [5.41, 5.74) is 0.819. The van der Waals surface area contributed by atoms with Gasteiger partial charge in [-0.15, -0.1) is 0 Å². The fourth-order valence-electron chi connectivity index (χ4n) is 3.47. The van der Waals surface area contributed by atoms with Crippen LogP contribution in [0.15, 0.2) is 11.3 Å². The lowest BCUT2D eigenvalue weighted by molar-refractivity contribution is -0.141. The largest absolute Gasteiger partial charge is 0.427 e. The normalized spacial score (nSPS) is 15.2. The summed E-state index contributed by atoms with van der Waals surface area (Å²) in [5, 5.41) is 9.36. The van der Waals surface area contributed by atoms with Crippen molar-refractivity contribution in [2.45, 2.75) is 123 Å². The summed E-state index contributed by atoms with van der Waals surface area (Å²) in [6, 6.07) is 0. The molecular formula is C22H40O3. The monoisotopic (exact) mass is 352 g/mol.